The van der Waals surface area contributed by atoms with Crippen molar-refractivity contribution in [1.29, 1.82) is 0 Å². The zero-order valence-electron chi connectivity index (χ0n) is 17.0. The summed E-state index contributed by atoms with van der Waals surface area (Å²) in [5, 5.41) is 13.4. The Balaban J connectivity index is 1.95. The number of para-hydroxylation sites is 1. The highest BCUT2D eigenvalue weighted by molar-refractivity contribution is 6.10. The molecular formula is C22H21N3O6. The molecule has 2 amide bonds. The van der Waals surface area contributed by atoms with Crippen LogP contribution >= 0.6 is 0 Å². The van der Waals surface area contributed by atoms with Gasteiger partial charge in [0.1, 0.15) is 0 Å². The number of carbonyl (C=O) groups excluding carboxylic acids is 3. The number of esters is 1. The van der Waals surface area contributed by atoms with Crippen LogP contribution in [0.3, 0.4) is 0 Å². The third kappa shape index (κ3) is 4.61. The van der Waals surface area contributed by atoms with E-state index in [9.17, 15) is 24.5 Å². The fourth-order valence-electron chi connectivity index (χ4n) is 3.46. The van der Waals surface area contributed by atoms with E-state index >= 15 is 0 Å². The van der Waals surface area contributed by atoms with E-state index in [0.717, 1.165) is 0 Å². The molecule has 1 aliphatic heterocycles. The zero-order valence-corrected chi connectivity index (χ0v) is 17.0. The second-order valence-corrected chi connectivity index (χ2v) is 6.83. The first-order chi connectivity index (χ1) is 14.8. The standard InChI is InChI=1S/C22H21N3O6/c1-3-31-22(28)20-14(2)24(16-7-5-4-6-8-16)19(26)13-18(20)21(27)23-15-9-11-17(12-10-15)25(29)30/h4-12,18H,3,13H2,1-2H3,(H,23,27)/t18-/m1/s1. The van der Waals surface area contributed by atoms with Crippen LogP contribution < -0.4 is 10.2 Å². The van der Waals surface area contributed by atoms with Crippen LogP contribution in [0.5, 0.6) is 0 Å². The molecule has 1 aliphatic rings. The van der Waals surface area contributed by atoms with E-state index in [-0.39, 0.29) is 30.2 Å². The quantitative estimate of drug-likeness (QED) is 0.432. The van der Waals surface area contributed by atoms with Crippen molar-refractivity contribution in [2.75, 3.05) is 16.8 Å². The van der Waals surface area contributed by atoms with Gasteiger partial charge in [-0.3, -0.25) is 24.6 Å². The lowest BCUT2D eigenvalue weighted by Crippen LogP contribution is -2.43. The second-order valence-electron chi connectivity index (χ2n) is 6.83. The molecule has 0 fully saturated rings. The molecule has 0 spiro atoms. The molecule has 1 heterocycles. The number of nitro benzene ring substituents is 1. The summed E-state index contributed by atoms with van der Waals surface area (Å²) in [6, 6.07) is 14.1. The third-order valence-electron chi connectivity index (χ3n) is 4.87. The minimum atomic E-state index is -1.05. The fourth-order valence-corrected chi connectivity index (χ4v) is 3.46. The van der Waals surface area contributed by atoms with Gasteiger partial charge in [-0.05, 0) is 38.1 Å². The summed E-state index contributed by atoms with van der Waals surface area (Å²) in [6.07, 6.45) is -0.223. The van der Waals surface area contributed by atoms with Crippen molar-refractivity contribution in [3.05, 3.63) is 76.0 Å². The summed E-state index contributed by atoms with van der Waals surface area (Å²) in [5.41, 5.74) is 1.21. The van der Waals surface area contributed by atoms with Crippen LogP contribution in [0.4, 0.5) is 17.1 Å². The number of allylic oxidation sites excluding steroid dienone is 1. The van der Waals surface area contributed by atoms with Gasteiger partial charge in [0.2, 0.25) is 11.8 Å². The highest BCUT2D eigenvalue weighted by Gasteiger charge is 2.40. The van der Waals surface area contributed by atoms with Crippen molar-refractivity contribution >= 4 is 34.8 Å². The van der Waals surface area contributed by atoms with Crippen LogP contribution in [0.25, 0.3) is 0 Å². The molecule has 1 N–H and O–H groups in total. The number of anilines is 2. The Kier molecular flexibility index (Phi) is 6.44. The number of amides is 2. The van der Waals surface area contributed by atoms with Gasteiger partial charge in [-0.1, -0.05) is 18.2 Å². The highest BCUT2D eigenvalue weighted by atomic mass is 16.6. The molecule has 0 aliphatic carbocycles. The summed E-state index contributed by atoms with van der Waals surface area (Å²) < 4.78 is 5.15. The van der Waals surface area contributed by atoms with Gasteiger partial charge in [0, 0.05) is 35.6 Å². The number of ether oxygens (including phenoxy) is 1. The molecule has 0 unspecified atom stereocenters. The average Bonchev–Trinajstić information content (AvgIpc) is 2.74. The lowest BCUT2D eigenvalue weighted by Gasteiger charge is -2.33. The van der Waals surface area contributed by atoms with Gasteiger partial charge in [0.15, 0.2) is 0 Å². The molecule has 9 nitrogen and oxygen atoms in total. The van der Waals surface area contributed by atoms with Gasteiger partial charge in [-0.15, -0.1) is 0 Å². The minimum absolute atomic E-state index is 0.102. The first kappa shape index (κ1) is 21.7. The van der Waals surface area contributed by atoms with E-state index < -0.39 is 22.7 Å². The summed E-state index contributed by atoms with van der Waals surface area (Å²) >= 11 is 0. The molecule has 31 heavy (non-hydrogen) atoms. The van der Waals surface area contributed by atoms with Crippen LogP contribution in [-0.2, 0) is 19.1 Å². The number of benzene rings is 2. The maximum absolute atomic E-state index is 13.0. The predicted octanol–water partition coefficient (Wildman–Crippen LogP) is 3.42. The number of hydrogen-bond acceptors (Lipinski definition) is 6. The molecule has 0 radical (unpaired) electrons. The first-order valence-corrected chi connectivity index (χ1v) is 9.64. The molecule has 3 rings (SSSR count). The molecular weight excluding hydrogens is 402 g/mol. The smallest absolute Gasteiger partial charge is 0.336 e. The van der Waals surface area contributed by atoms with E-state index in [1.54, 1.807) is 38.1 Å². The Morgan fingerprint density at radius 1 is 1.16 bits per heavy atom. The van der Waals surface area contributed by atoms with Gasteiger partial charge in [-0.25, -0.2) is 4.79 Å². The van der Waals surface area contributed by atoms with Crippen LogP contribution in [0.1, 0.15) is 20.3 Å². The lowest BCUT2D eigenvalue weighted by atomic mass is 9.88. The third-order valence-corrected chi connectivity index (χ3v) is 4.87. The molecule has 160 valence electrons. The van der Waals surface area contributed by atoms with Gasteiger partial charge < -0.3 is 10.1 Å². The Labute approximate surface area is 178 Å². The van der Waals surface area contributed by atoms with Crippen LogP contribution in [0.15, 0.2) is 65.9 Å². The number of rotatable bonds is 6. The first-order valence-electron chi connectivity index (χ1n) is 9.64. The number of carbonyl (C=O) groups is 3. The number of nitrogens with one attached hydrogen (secondary N) is 1. The van der Waals surface area contributed by atoms with E-state index in [0.29, 0.717) is 17.1 Å². The Morgan fingerprint density at radius 2 is 1.81 bits per heavy atom. The SMILES string of the molecule is CCOC(=O)C1=C(C)N(c2ccccc2)C(=O)C[C@H]1C(=O)Nc1ccc([N+](=O)[O-])cc1. The fraction of sp³-hybridized carbons (Fsp3) is 0.227. The van der Waals surface area contributed by atoms with E-state index in [2.05, 4.69) is 5.32 Å². The number of hydrogen-bond donors (Lipinski definition) is 1. The van der Waals surface area contributed by atoms with Crippen molar-refractivity contribution in [2.24, 2.45) is 5.92 Å². The van der Waals surface area contributed by atoms with Crippen molar-refractivity contribution < 1.29 is 24.0 Å². The molecule has 0 aromatic heterocycles. The van der Waals surface area contributed by atoms with E-state index in [1.807, 2.05) is 6.07 Å². The summed E-state index contributed by atoms with van der Waals surface area (Å²) in [7, 11) is 0. The number of nitro groups is 1. The minimum Gasteiger partial charge on any atom is -0.463 e. The van der Waals surface area contributed by atoms with E-state index in [4.69, 9.17) is 4.74 Å². The lowest BCUT2D eigenvalue weighted by molar-refractivity contribution is -0.384. The summed E-state index contributed by atoms with van der Waals surface area (Å²) in [5.74, 6) is -2.63. The largest absolute Gasteiger partial charge is 0.463 e. The molecule has 2 aromatic rings. The van der Waals surface area contributed by atoms with Crippen LogP contribution in [0.2, 0.25) is 0 Å². The molecule has 0 saturated carbocycles. The van der Waals surface area contributed by atoms with Crippen molar-refractivity contribution in [1.82, 2.24) is 0 Å². The van der Waals surface area contributed by atoms with Gasteiger partial charge >= 0.3 is 5.97 Å². The molecule has 2 aromatic carbocycles. The Bertz CT molecular complexity index is 1050. The number of non-ortho nitro benzene ring substituents is 1. The number of nitrogens with zero attached hydrogens (tertiary/aromatic N) is 2. The summed E-state index contributed by atoms with van der Waals surface area (Å²) in [4.78, 5) is 50.2. The maximum atomic E-state index is 13.0. The molecule has 0 saturated heterocycles. The molecule has 9 heteroatoms. The maximum Gasteiger partial charge on any atom is 0.336 e. The van der Waals surface area contributed by atoms with Gasteiger partial charge in [-0.2, -0.15) is 0 Å². The van der Waals surface area contributed by atoms with Gasteiger partial charge in [0.05, 0.1) is 23.0 Å². The second kappa shape index (κ2) is 9.21. The Morgan fingerprint density at radius 3 is 2.39 bits per heavy atom. The zero-order chi connectivity index (χ0) is 22.5. The van der Waals surface area contributed by atoms with Crippen LogP contribution in [0, 0.1) is 16.0 Å². The van der Waals surface area contributed by atoms with Crippen molar-refractivity contribution in [2.45, 2.75) is 20.3 Å². The predicted molar refractivity (Wildman–Crippen MR) is 113 cm³/mol. The van der Waals surface area contributed by atoms with Crippen molar-refractivity contribution in [3.63, 3.8) is 0 Å². The highest BCUT2D eigenvalue weighted by Crippen LogP contribution is 2.34. The molecule has 0 bridgehead atoms. The topological polar surface area (TPSA) is 119 Å². The van der Waals surface area contributed by atoms with Gasteiger partial charge in [0.25, 0.3) is 5.69 Å². The van der Waals surface area contributed by atoms with E-state index in [1.165, 1.54) is 29.2 Å². The summed E-state index contributed by atoms with van der Waals surface area (Å²) in [6.45, 7) is 3.37. The molecule has 1 atom stereocenters. The van der Waals surface area contributed by atoms with Crippen molar-refractivity contribution in [3.8, 4) is 0 Å². The average molecular weight is 423 g/mol. The Hall–Kier alpha value is -4.01. The monoisotopic (exact) mass is 423 g/mol. The van der Waals surface area contributed by atoms with Crippen LogP contribution in [-0.4, -0.2) is 29.3 Å². The normalized spacial score (nSPS) is 16.1.